The third-order valence-corrected chi connectivity index (χ3v) is 3.43. The van der Waals surface area contributed by atoms with E-state index in [-0.39, 0.29) is 6.03 Å². The van der Waals surface area contributed by atoms with Crippen LogP contribution >= 0.6 is 0 Å². The number of carbonyl (C=O) groups excluding carboxylic acids is 1. The fourth-order valence-corrected chi connectivity index (χ4v) is 2.19. The topological polar surface area (TPSA) is 78.1 Å². The number of benzene rings is 2. The van der Waals surface area contributed by atoms with Gasteiger partial charge in [-0.2, -0.15) is 0 Å². The molecule has 0 aromatic heterocycles. The van der Waals surface area contributed by atoms with Gasteiger partial charge in [0.2, 0.25) is 0 Å². The van der Waals surface area contributed by atoms with Gasteiger partial charge in [0, 0.05) is 0 Å². The van der Waals surface area contributed by atoms with Crippen LogP contribution in [-0.2, 0) is 0 Å². The summed E-state index contributed by atoms with van der Waals surface area (Å²) in [5, 5.41) is 5.43. The standard InChI is InChI=1S/C19H24N2O5/c1-23-15-7-3-5-9-17(15)25-13-11-20-19(22)21-12-14-26-18-10-6-4-8-16(18)24-2/h3-10H,11-14H2,1-2H3,(H2,20,21,22). The molecule has 7 heteroatoms. The van der Waals surface area contributed by atoms with Crippen molar-refractivity contribution >= 4 is 6.03 Å². The van der Waals surface area contributed by atoms with Crippen molar-refractivity contribution in [3.05, 3.63) is 48.5 Å². The van der Waals surface area contributed by atoms with E-state index in [9.17, 15) is 4.79 Å². The van der Waals surface area contributed by atoms with Crippen LogP contribution in [0, 0.1) is 0 Å². The van der Waals surface area contributed by atoms with Crippen molar-refractivity contribution in [3.63, 3.8) is 0 Å². The van der Waals surface area contributed by atoms with Crippen molar-refractivity contribution in [3.8, 4) is 23.0 Å². The number of amides is 2. The quantitative estimate of drug-likeness (QED) is 0.637. The molecular formula is C19H24N2O5. The van der Waals surface area contributed by atoms with Gasteiger partial charge in [0.25, 0.3) is 0 Å². The summed E-state index contributed by atoms with van der Waals surface area (Å²) in [7, 11) is 3.17. The van der Waals surface area contributed by atoms with Crippen LogP contribution in [0.2, 0.25) is 0 Å². The lowest BCUT2D eigenvalue weighted by molar-refractivity contribution is 0.231. The first-order chi connectivity index (χ1) is 12.7. The zero-order chi connectivity index (χ0) is 18.6. The van der Waals surface area contributed by atoms with Gasteiger partial charge in [-0.15, -0.1) is 0 Å². The first-order valence-corrected chi connectivity index (χ1v) is 8.28. The molecule has 0 radical (unpaired) electrons. The zero-order valence-electron chi connectivity index (χ0n) is 15.0. The van der Waals surface area contributed by atoms with Crippen LogP contribution in [0.4, 0.5) is 4.79 Å². The summed E-state index contributed by atoms with van der Waals surface area (Å²) >= 11 is 0. The Hall–Kier alpha value is -3.09. The van der Waals surface area contributed by atoms with Gasteiger partial charge in [-0.1, -0.05) is 24.3 Å². The first kappa shape index (κ1) is 19.2. The van der Waals surface area contributed by atoms with Crippen molar-refractivity contribution in [1.82, 2.24) is 10.6 Å². The van der Waals surface area contributed by atoms with Crippen LogP contribution in [-0.4, -0.2) is 46.6 Å². The van der Waals surface area contributed by atoms with Gasteiger partial charge in [0.15, 0.2) is 23.0 Å². The number of para-hydroxylation sites is 4. The number of methoxy groups -OCH3 is 2. The van der Waals surface area contributed by atoms with E-state index in [4.69, 9.17) is 18.9 Å². The van der Waals surface area contributed by atoms with Gasteiger partial charge in [0.1, 0.15) is 13.2 Å². The molecule has 0 aliphatic heterocycles. The Morgan fingerprint density at radius 2 is 1.12 bits per heavy atom. The van der Waals surface area contributed by atoms with Crippen molar-refractivity contribution in [2.75, 3.05) is 40.5 Å². The van der Waals surface area contributed by atoms with E-state index >= 15 is 0 Å². The lowest BCUT2D eigenvalue weighted by Crippen LogP contribution is -2.39. The summed E-state index contributed by atoms with van der Waals surface area (Å²) in [6.07, 6.45) is 0. The molecule has 0 saturated carbocycles. The van der Waals surface area contributed by atoms with Crippen LogP contribution in [0.3, 0.4) is 0 Å². The van der Waals surface area contributed by atoms with Gasteiger partial charge in [0.05, 0.1) is 27.3 Å². The summed E-state index contributed by atoms with van der Waals surface area (Å²) in [5.41, 5.74) is 0. The minimum Gasteiger partial charge on any atom is -0.493 e. The van der Waals surface area contributed by atoms with Gasteiger partial charge in [-0.05, 0) is 24.3 Å². The van der Waals surface area contributed by atoms with Crippen molar-refractivity contribution < 1.29 is 23.7 Å². The zero-order valence-corrected chi connectivity index (χ0v) is 15.0. The van der Waals surface area contributed by atoms with Crippen LogP contribution in [0.25, 0.3) is 0 Å². The number of carbonyl (C=O) groups is 1. The molecule has 0 heterocycles. The molecule has 0 unspecified atom stereocenters. The molecule has 0 atom stereocenters. The van der Waals surface area contributed by atoms with Gasteiger partial charge < -0.3 is 29.6 Å². The van der Waals surface area contributed by atoms with Crippen LogP contribution < -0.4 is 29.6 Å². The molecule has 0 saturated heterocycles. The normalized spacial score (nSPS) is 9.92. The lowest BCUT2D eigenvalue weighted by Gasteiger charge is -2.12. The summed E-state index contributed by atoms with van der Waals surface area (Å²) < 4.78 is 21.6. The van der Waals surface area contributed by atoms with E-state index in [1.165, 1.54) is 0 Å². The van der Waals surface area contributed by atoms with Crippen LogP contribution in [0.15, 0.2) is 48.5 Å². The van der Waals surface area contributed by atoms with E-state index in [0.29, 0.717) is 49.3 Å². The van der Waals surface area contributed by atoms with Gasteiger partial charge in [-0.3, -0.25) is 0 Å². The van der Waals surface area contributed by atoms with Crippen LogP contribution in [0.5, 0.6) is 23.0 Å². The fraction of sp³-hybridized carbons (Fsp3) is 0.316. The molecule has 140 valence electrons. The monoisotopic (exact) mass is 360 g/mol. The first-order valence-electron chi connectivity index (χ1n) is 8.28. The molecule has 2 amide bonds. The summed E-state index contributed by atoms with van der Waals surface area (Å²) in [6, 6.07) is 14.4. The Morgan fingerprint density at radius 3 is 1.50 bits per heavy atom. The smallest absolute Gasteiger partial charge is 0.315 e. The molecular weight excluding hydrogens is 336 g/mol. The average molecular weight is 360 g/mol. The molecule has 0 aliphatic rings. The number of nitrogens with one attached hydrogen (secondary N) is 2. The minimum atomic E-state index is -0.280. The molecule has 0 fully saturated rings. The second-order valence-corrected chi connectivity index (χ2v) is 5.18. The fourth-order valence-electron chi connectivity index (χ4n) is 2.19. The number of ether oxygens (including phenoxy) is 4. The summed E-state index contributed by atoms with van der Waals surface area (Å²) in [5.74, 6) is 2.60. The van der Waals surface area contributed by atoms with Crippen molar-refractivity contribution in [2.24, 2.45) is 0 Å². The molecule has 0 spiro atoms. The van der Waals surface area contributed by atoms with E-state index in [0.717, 1.165) is 0 Å². The van der Waals surface area contributed by atoms with E-state index in [2.05, 4.69) is 10.6 Å². The highest BCUT2D eigenvalue weighted by Crippen LogP contribution is 2.26. The molecule has 2 rings (SSSR count). The second-order valence-electron chi connectivity index (χ2n) is 5.18. The summed E-state index contributed by atoms with van der Waals surface area (Å²) in [6.45, 7) is 1.42. The number of urea groups is 1. The van der Waals surface area contributed by atoms with E-state index in [1.54, 1.807) is 14.2 Å². The molecule has 0 bridgehead atoms. The maximum Gasteiger partial charge on any atom is 0.315 e. The number of rotatable bonds is 10. The van der Waals surface area contributed by atoms with Crippen LogP contribution in [0.1, 0.15) is 0 Å². The highest BCUT2D eigenvalue weighted by Gasteiger charge is 2.04. The van der Waals surface area contributed by atoms with Crippen molar-refractivity contribution in [1.29, 1.82) is 0 Å². The van der Waals surface area contributed by atoms with E-state index < -0.39 is 0 Å². The third-order valence-electron chi connectivity index (χ3n) is 3.43. The highest BCUT2D eigenvalue weighted by molar-refractivity contribution is 5.73. The summed E-state index contributed by atoms with van der Waals surface area (Å²) in [4.78, 5) is 11.7. The Labute approximate surface area is 153 Å². The van der Waals surface area contributed by atoms with Gasteiger partial charge in [-0.25, -0.2) is 4.79 Å². The Balaban J connectivity index is 1.59. The number of hydrogen-bond donors (Lipinski definition) is 2. The Bertz CT molecular complexity index is 636. The minimum absolute atomic E-state index is 0.280. The molecule has 26 heavy (non-hydrogen) atoms. The SMILES string of the molecule is COc1ccccc1OCCNC(=O)NCCOc1ccccc1OC. The maximum absolute atomic E-state index is 11.7. The predicted molar refractivity (Wildman–Crippen MR) is 98.4 cm³/mol. The average Bonchev–Trinajstić information content (AvgIpc) is 2.69. The Kier molecular flexibility index (Phi) is 7.92. The molecule has 0 aliphatic carbocycles. The second kappa shape index (κ2) is 10.7. The molecule has 7 nitrogen and oxygen atoms in total. The van der Waals surface area contributed by atoms with E-state index in [1.807, 2.05) is 48.5 Å². The molecule has 2 aromatic carbocycles. The lowest BCUT2D eigenvalue weighted by atomic mass is 10.3. The molecule has 2 aromatic rings. The Morgan fingerprint density at radius 1 is 0.731 bits per heavy atom. The van der Waals surface area contributed by atoms with Crippen molar-refractivity contribution in [2.45, 2.75) is 0 Å². The number of hydrogen-bond acceptors (Lipinski definition) is 5. The van der Waals surface area contributed by atoms with Gasteiger partial charge >= 0.3 is 6.03 Å². The highest BCUT2D eigenvalue weighted by atomic mass is 16.5. The predicted octanol–water partition coefficient (Wildman–Crippen LogP) is 2.46. The third kappa shape index (κ3) is 6.08. The molecule has 2 N–H and O–H groups in total. The maximum atomic E-state index is 11.7. The largest absolute Gasteiger partial charge is 0.493 e.